The van der Waals surface area contributed by atoms with Gasteiger partial charge in [-0.25, -0.2) is 5.84 Å². The van der Waals surface area contributed by atoms with Crippen molar-refractivity contribution in [2.75, 3.05) is 0 Å². The minimum Gasteiger partial charge on any atom is -0.315 e. The summed E-state index contributed by atoms with van der Waals surface area (Å²) in [5.41, 5.74) is 6.23. The zero-order valence-electron chi connectivity index (χ0n) is 14.5. The summed E-state index contributed by atoms with van der Waals surface area (Å²) in [7, 11) is -2.90. The van der Waals surface area contributed by atoms with Crippen molar-refractivity contribution in [3.8, 4) is 11.1 Å². The number of rotatable bonds is 3. The summed E-state index contributed by atoms with van der Waals surface area (Å²) >= 11 is 0. The highest BCUT2D eigenvalue weighted by molar-refractivity contribution is 6.40. The minimum absolute atomic E-state index is 0.00837. The first-order chi connectivity index (χ1) is 13.6. The number of hydrazine groups is 1. The highest BCUT2D eigenvalue weighted by Gasteiger charge is 2.24. The third-order valence-corrected chi connectivity index (χ3v) is 4.47. The number of hydrogen-bond acceptors (Lipinski definition) is 4. The van der Waals surface area contributed by atoms with Crippen LogP contribution in [-0.4, -0.2) is 23.5 Å². The number of hydrogen-bond donors (Lipinski definition) is 2. The van der Waals surface area contributed by atoms with E-state index in [1.54, 1.807) is 0 Å². The Bertz CT molecular complexity index is 1130. The number of nitrogen functional groups attached to an aromatic ring is 1. The molecule has 4 rings (SSSR count). The third kappa shape index (κ3) is 3.01. The Hall–Kier alpha value is -3.59. The zero-order chi connectivity index (χ0) is 19.7. The smallest absolute Gasteiger partial charge is 0.315 e. The molecule has 0 aliphatic heterocycles. The van der Waals surface area contributed by atoms with Gasteiger partial charge >= 0.3 is 7.40 Å². The minimum atomic E-state index is -2.90. The van der Waals surface area contributed by atoms with Gasteiger partial charge in [0.05, 0.1) is 5.56 Å². The maximum Gasteiger partial charge on any atom is 0.678 e. The van der Waals surface area contributed by atoms with E-state index in [9.17, 15) is 13.4 Å². The molecule has 28 heavy (non-hydrogen) atoms. The summed E-state index contributed by atoms with van der Waals surface area (Å²) in [4.78, 5) is 11.6. The average Bonchev–Trinajstić information content (AvgIpc) is 3.05. The summed E-state index contributed by atoms with van der Waals surface area (Å²) in [6.45, 7) is 0. The lowest BCUT2D eigenvalue weighted by Crippen LogP contribution is -2.34. The van der Waals surface area contributed by atoms with Crippen LogP contribution in [-0.2, 0) is 0 Å². The van der Waals surface area contributed by atoms with Crippen LogP contribution in [0, 0.1) is 0 Å². The predicted octanol–water partition coefficient (Wildman–Crippen LogP) is 2.20. The lowest BCUT2D eigenvalue weighted by atomic mass is 10.1. The van der Waals surface area contributed by atoms with Crippen molar-refractivity contribution in [1.82, 2.24) is 9.90 Å². The Morgan fingerprint density at radius 2 is 1.46 bits per heavy atom. The first kappa shape index (κ1) is 17.8. The largest absolute Gasteiger partial charge is 0.678 e. The van der Waals surface area contributed by atoms with Crippen LogP contribution in [0.5, 0.6) is 0 Å². The van der Waals surface area contributed by atoms with Gasteiger partial charge in [-0.05, 0) is 23.3 Å². The standard InChI is InChI=1S/C19H14BF2N5O/c21-20(22)27-11-12(19(28)24-23)9-10-17(27)25-26-18-15-7-3-1-5-13(15)14-6-2-4-8-16(14)18/h1-11H,23H2,(H,24,28)/b25-17-. The van der Waals surface area contributed by atoms with Gasteiger partial charge in [0.15, 0.2) is 0 Å². The van der Waals surface area contributed by atoms with Crippen LogP contribution in [0.4, 0.5) is 8.63 Å². The maximum absolute atomic E-state index is 13.4. The molecule has 3 N–H and O–H groups in total. The molecule has 0 unspecified atom stereocenters. The van der Waals surface area contributed by atoms with E-state index in [2.05, 4.69) is 10.2 Å². The number of carbonyl (C=O) groups is 1. The van der Waals surface area contributed by atoms with Gasteiger partial charge in [0, 0.05) is 17.3 Å². The van der Waals surface area contributed by atoms with Gasteiger partial charge in [-0.1, -0.05) is 48.5 Å². The second kappa shape index (κ2) is 7.20. The quantitative estimate of drug-likeness (QED) is 0.248. The molecule has 1 heterocycles. The zero-order valence-corrected chi connectivity index (χ0v) is 14.5. The summed E-state index contributed by atoms with van der Waals surface area (Å²) in [6.07, 6.45) is 0.989. The van der Waals surface area contributed by atoms with Crippen molar-refractivity contribution in [2.24, 2.45) is 16.0 Å². The molecule has 2 aromatic carbocycles. The van der Waals surface area contributed by atoms with Crippen LogP contribution in [0.15, 0.2) is 77.1 Å². The van der Waals surface area contributed by atoms with Gasteiger partial charge in [-0.2, -0.15) is 0 Å². The van der Waals surface area contributed by atoms with Gasteiger partial charge in [0.2, 0.25) is 0 Å². The van der Waals surface area contributed by atoms with Crippen molar-refractivity contribution < 1.29 is 13.4 Å². The highest BCUT2D eigenvalue weighted by Crippen LogP contribution is 2.36. The number of pyridine rings is 1. The molecule has 9 heteroatoms. The number of nitrogens with zero attached hydrogens (tertiary/aromatic N) is 3. The first-order valence-corrected chi connectivity index (χ1v) is 8.42. The van der Waals surface area contributed by atoms with E-state index in [1.165, 1.54) is 12.1 Å². The summed E-state index contributed by atoms with van der Waals surface area (Å²) in [6, 6.07) is 18.1. The van der Waals surface area contributed by atoms with Crippen LogP contribution in [0.2, 0.25) is 0 Å². The maximum atomic E-state index is 13.4. The van der Waals surface area contributed by atoms with E-state index in [0.29, 0.717) is 10.2 Å². The monoisotopic (exact) mass is 377 g/mol. The van der Waals surface area contributed by atoms with Crippen LogP contribution in [0.3, 0.4) is 0 Å². The Morgan fingerprint density at radius 1 is 0.893 bits per heavy atom. The van der Waals surface area contributed by atoms with E-state index in [4.69, 9.17) is 5.84 Å². The molecule has 0 saturated heterocycles. The number of halogens is 2. The second-order valence-corrected chi connectivity index (χ2v) is 6.07. The topological polar surface area (TPSA) is 84.8 Å². The van der Waals surface area contributed by atoms with Gasteiger partial charge < -0.3 is 4.48 Å². The van der Waals surface area contributed by atoms with Crippen molar-refractivity contribution >= 4 is 19.0 Å². The predicted molar refractivity (Wildman–Crippen MR) is 103 cm³/mol. The van der Waals surface area contributed by atoms with E-state index in [1.807, 2.05) is 54.0 Å². The summed E-state index contributed by atoms with van der Waals surface area (Å²) in [5, 5.41) is 8.32. The lowest BCUT2D eigenvalue weighted by Gasteiger charge is -2.06. The molecule has 0 fully saturated rings. The Kier molecular flexibility index (Phi) is 4.58. The molecule has 0 spiro atoms. The molecule has 1 aliphatic carbocycles. The number of carbonyl (C=O) groups excluding carboxylic acids is 1. The van der Waals surface area contributed by atoms with Crippen molar-refractivity contribution in [3.63, 3.8) is 0 Å². The Labute approximate surface area is 159 Å². The van der Waals surface area contributed by atoms with Gasteiger partial charge in [0.1, 0.15) is 11.2 Å². The van der Waals surface area contributed by atoms with Crippen LogP contribution in [0.25, 0.3) is 11.1 Å². The fourth-order valence-corrected chi connectivity index (χ4v) is 3.17. The Balaban J connectivity index is 1.87. The summed E-state index contributed by atoms with van der Waals surface area (Å²) in [5.74, 6) is 4.38. The van der Waals surface area contributed by atoms with E-state index < -0.39 is 13.3 Å². The fourth-order valence-electron chi connectivity index (χ4n) is 3.17. The molecular weight excluding hydrogens is 363 g/mol. The number of aromatic nitrogens is 1. The Morgan fingerprint density at radius 3 is 2.00 bits per heavy atom. The molecule has 0 radical (unpaired) electrons. The van der Waals surface area contributed by atoms with Gasteiger partial charge in [0.25, 0.3) is 5.91 Å². The molecule has 0 saturated carbocycles. The number of nitrogens with one attached hydrogen (secondary N) is 1. The van der Waals surface area contributed by atoms with E-state index in [-0.39, 0.29) is 11.1 Å². The molecule has 0 atom stereocenters. The lowest BCUT2D eigenvalue weighted by molar-refractivity contribution is 0.0953. The van der Waals surface area contributed by atoms with Gasteiger partial charge in [-0.15, -0.1) is 10.2 Å². The molecule has 3 aromatic rings. The van der Waals surface area contributed by atoms with Crippen molar-refractivity contribution in [2.45, 2.75) is 0 Å². The number of benzene rings is 2. The number of fused-ring (bicyclic) bond motifs is 3. The van der Waals surface area contributed by atoms with Crippen molar-refractivity contribution in [3.05, 3.63) is 89.0 Å². The molecular formula is C19H14BF2N5O. The average molecular weight is 377 g/mol. The highest BCUT2D eigenvalue weighted by atomic mass is 19.2. The molecule has 1 aromatic heterocycles. The number of nitrogens with two attached hydrogens (primary N) is 1. The fraction of sp³-hybridized carbons (Fsp3) is 0. The van der Waals surface area contributed by atoms with Crippen LogP contribution in [0.1, 0.15) is 21.5 Å². The molecule has 6 nitrogen and oxygen atoms in total. The SMILES string of the molecule is NNC(=O)c1cc/c(=N/N=C2c3ccccc3-c3ccccc32)n(B(F)F)c1. The summed E-state index contributed by atoms with van der Waals surface area (Å²) < 4.78 is 27.5. The van der Waals surface area contributed by atoms with E-state index in [0.717, 1.165) is 28.5 Å². The van der Waals surface area contributed by atoms with E-state index >= 15 is 0 Å². The second-order valence-electron chi connectivity index (χ2n) is 6.07. The molecule has 1 aliphatic rings. The van der Waals surface area contributed by atoms with Crippen molar-refractivity contribution in [1.29, 1.82) is 0 Å². The molecule has 138 valence electrons. The normalized spacial score (nSPS) is 12.4. The molecule has 1 amide bonds. The van der Waals surface area contributed by atoms with Gasteiger partial charge in [-0.3, -0.25) is 18.9 Å². The number of amides is 1. The first-order valence-electron chi connectivity index (χ1n) is 8.42. The van der Waals surface area contributed by atoms with Crippen LogP contribution < -0.4 is 16.8 Å². The third-order valence-electron chi connectivity index (χ3n) is 4.47. The molecule has 0 bridgehead atoms. The van der Waals surface area contributed by atoms with Crippen LogP contribution >= 0.6 is 0 Å².